The molecule has 2 aliphatic rings. The molecule has 8 heteroatoms. The SMILES string of the molecule is CCc1cnc(N2CCc3nc(-c4cnn(C)c4)nc(NC4CC4)c3C2)nc1. The molecule has 1 N–H and O–H groups in total. The van der Waals surface area contributed by atoms with Crippen LogP contribution in [0.25, 0.3) is 11.4 Å². The van der Waals surface area contributed by atoms with Gasteiger partial charge in [0.2, 0.25) is 5.95 Å². The van der Waals surface area contributed by atoms with E-state index in [0.717, 1.165) is 65.9 Å². The minimum Gasteiger partial charge on any atom is -0.367 e. The lowest BCUT2D eigenvalue weighted by Crippen LogP contribution is -2.33. The summed E-state index contributed by atoms with van der Waals surface area (Å²) in [4.78, 5) is 21.1. The van der Waals surface area contributed by atoms with Crippen molar-refractivity contribution in [1.82, 2.24) is 29.7 Å². The summed E-state index contributed by atoms with van der Waals surface area (Å²) in [5.41, 5.74) is 4.37. The monoisotopic (exact) mass is 376 g/mol. The largest absolute Gasteiger partial charge is 0.367 e. The third-order valence-corrected chi connectivity index (χ3v) is 5.32. The fourth-order valence-corrected chi connectivity index (χ4v) is 3.48. The molecule has 0 atom stereocenters. The molecule has 1 saturated carbocycles. The van der Waals surface area contributed by atoms with Gasteiger partial charge in [-0.05, 0) is 24.8 Å². The summed E-state index contributed by atoms with van der Waals surface area (Å²) in [5, 5.41) is 7.87. The van der Waals surface area contributed by atoms with Gasteiger partial charge in [-0.25, -0.2) is 19.9 Å². The van der Waals surface area contributed by atoms with Crippen molar-refractivity contribution >= 4 is 11.8 Å². The van der Waals surface area contributed by atoms with Crippen LogP contribution in [-0.4, -0.2) is 42.3 Å². The van der Waals surface area contributed by atoms with Gasteiger partial charge in [0, 0.05) is 50.2 Å². The van der Waals surface area contributed by atoms with E-state index in [1.165, 1.54) is 12.8 Å². The van der Waals surface area contributed by atoms with Gasteiger partial charge in [0.05, 0.1) is 24.0 Å². The van der Waals surface area contributed by atoms with Crippen LogP contribution in [0, 0.1) is 0 Å². The van der Waals surface area contributed by atoms with Gasteiger partial charge in [-0.3, -0.25) is 4.68 Å². The van der Waals surface area contributed by atoms with Gasteiger partial charge >= 0.3 is 0 Å². The average molecular weight is 376 g/mol. The van der Waals surface area contributed by atoms with Gasteiger partial charge in [0.1, 0.15) is 5.82 Å². The second kappa shape index (κ2) is 6.85. The highest BCUT2D eigenvalue weighted by atomic mass is 15.3. The number of fused-ring (bicyclic) bond motifs is 1. The molecule has 1 fully saturated rings. The molecule has 144 valence electrons. The van der Waals surface area contributed by atoms with E-state index in [0.29, 0.717) is 6.04 Å². The Morgan fingerprint density at radius 2 is 1.96 bits per heavy atom. The maximum atomic E-state index is 4.87. The highest BCUT2D eigenvalue weighted by molar-refractivity contribution is 5.60. The molecule has 1 aliphatic carbocycles. The summed E-state index contributed by atoms with van der Waals surface area (Å²) in [6.45, 7) is 3.69. The van der Waals surface area contributed by atoms with E-state index in [9.17, 15) is 0 Å². The van der Waals surface area contributed by atoms with E-state index < -0.39 is 0 Å². The van der Waals surface area contributed by atoms with Crippen LogP contribution in [0.15, 0.2) is 24.8 Å². The second-order valence-corrected chi connectivity index (χ2v) is 7.56. The predicted molar refractivity (Wildman–Crippen MR) is 107 cm³/mol. The Morgan fingerprint density at radius 1 is 1.14 bits per heavy atom. The molecule has 0 aromatic carbocycles. The Labute approximate surface area is 164 Å². The number of rotatable bonds is 5. The van der Waals surface area contributed by atoms with Gasteiger partial charge < -0.3 is 10.2 Å². The van der Waals surface area contributed by atoms with Crippen molar-refractivity contribution in [2.45, 2.75) is 45.2 Å². The maximum Gasteiger partial charge on any atom is 0.225 e. The number of hydrogen-bond acceptors (Lipinski definition) is 7. The van der Waals surface area contributed by atoms with Crippen LogP contribution in [0.2, 0.25) is 0 Å². The van der Waals surface area contributed by atoms with Gasteiger partial charge in [-0.15, -0.1) is 0 Å². The van der Waals surface area contributed by atoms with E-state index >= 15 is 0 Å². The molecule has 5 rings (SSSR count). The summed E-state index contributed by atoms with van der Waals surface area (Å²) in [7, 11) is 1.91. The van der Waals surface area contributed by atoms with E-state index in [1.807, 2.05) is 31.8 Å². The smallest absolute Gasteiger partial charge is 0.225 e. The molecule has 28 heavy (non-hydrogen) atoms. The Morgan fingerprint density at radius 3 is 2.64 bits per heavy atom. The van der Waals surface area contributed by atoms with Gasteiger partial charge in [-0.2, -0.15) is 5.10 Å². The van der Waals surface area contributed by atoms with Crippen molar-refractivity contribution in [1.29, 1.82) is 0 Å². The quantitative estimate of drug-likeness (QED) is 0.732. The summed E-state index contributed by atoms with van der Waals surface area (Å²) in [6, 6.07) is 0.524. The highest BCUT2D eigenvalue weighted by Gasteiger charge is 2.28. The Hall–Kier alpha value is -3.03. The number of aryl methyl sites for hydroxylation is 2. The summed E-state index contributed by atoms with van der Waals surface area (Å²) >= 11 is 0. The third-order valence-electron chi connectivity index (χ3n) is 5.32. The minimum atomic E-state index is 0.524. The van der Waals surface area contributed by atoms with E-state index in [4.69, 9.17) is 9.97 Å². The molecule has 0 spiro atoms. The van der Waals surface area contributed by atoms with Crippen LogP contribution < -0.4 is 10.2 Å². The fraction of sp³-hybridized carbons (Fsp3) is 0.450. The zero-order valence-electron chi connectivity index (χ0n) is 16.3. The highest BCUT2D eigenvalue weighted by Crippen LogP contribution is 2.32. The molecule has 1 aliphatic heterocycles. The zero-order valence-corrected chi connectivity index (χ0v) is 16.3. The fourth-order valence-electron chi connectivity index (χ4n) is 3.48. The standard InChI is InChI=1S/C20H24N8/c1-3-13-8-21-20(22-9-13)28-7-6-17-16(12-28)19(24-15-4-5-15)26-18(25-17)14-10-23-27(2)11-14/h8-11,15H,3-7,12H2,1-2H3,(H,24,25,26). The van der Waals surface area contributed by atoms with Crippen LogP contribution in [0.3, 0.4) is 0 Å². The third kappa shape index (κ3) is 3.30. The van der Waals surface area contributed by atoms with Crippen molar-refractivity contribution < 1.29 is 0 Å². The lowest BCUT2D eigenvalue weighted by Gasteiger charge is -2.29. The van der Waals surface area contributed by atoms with E-state index in [-0.39, 0.29) is 0 Å². The first-order chi connectivity index (χ1) is 13.7. The number of nitrogens with one attached hydrogen (secondary N) is 1. The lowest BCUT2D eigenvalue weighted by atomic mass is 10.1. The molecule has 8 nitrogen and oxygen atoms in total. The first-order valence-corrected chi connectivity index (χ1v) is 9.91. The molecular weight excluding hydrogens is 352 g/mol. The van der Waals surface area contributed by atoms with E-state index in [1.54, 1.807) is 4.68 Å². The van der Waals surface area contributed by atoms with Crippen molar-refractivity contribution in [2.75, 3.05) is 16.8 Å². The Balaban J connectivity index is 1.49. The first kappa shape index (κ1) is 17.1. The van der Waals surface area contributed by atoms with Gasteiger partial charge in [-0.1, -0.05) is 6.92 Å². The average Bonchev–Trinajstić information content (AvgIpc) is 3.44. The minimum absolute atomic E-state index is 0.524. The van der Waals surface area contributed by atoms with Crippen LogP contribution in [0.4, 0.5) is 11.8 Å². The summed E-state index contributed by atoms with van der Waals surface area (Å²) < 4.78 is 1.78. The van der Waals surface area contributed by atoms with Crippen molar-refractivity contribution in [3.8, 4) is 11.4 Å². The molecule has 0 amide bonds. The van der Waals surface area contributed by atoms with Crippen molar-refractivity contribution in [3.63, 3.8) is 0 Å². The molecule has 3 aromatic rings. The molecule has 4 heterocycles. The van der Waals surface area contributed by atoms with Crippen molar-refractivity contribution in [3.05, 3.63) is 41.6 Å². The Bertz CT molecular complexity index is 990. The van der Waals surface area contributed by atoms with Crippen LogP contribution >= 0.6 is 0 Å². The zero-order chi connectivity index (χ0) is 19.1. The van der Waals surface area contributed by atoms with E-state index in [2.05, 4.69) is 32.2 Å². The predicted octanol–water partition coefficient (Wildman–Crippen LogP) is 2.37. The van der Waals surface area contributed by atoms with Crippen LogP contribution in [-0.2, 0) is 26.4 Å². The van der Waals surface area contributed by atoms with Crippen LogP contribution in [0.5, 0.6) is 0 Å². The Kier molecular flexibility index (Phi) is 4.18. The lowest BCUT2D eigenvalue weighted by molar-refractivity contribution is 0.686. The molecule has 0 radical (unpaired) electrons. The van der Waals surface area contributed by atoms with Crippen molar-refractivity contribution in [2.24, 2.45) is 7.05 Å². The number of hydrogen-bond donors (Lipinski definition) is 1. The molecule has 0 saturated heterocycles. The number of aromatic nitrogens is 6. The summed E-state index contributed by atoms with van der Waals surface area (Å²) in [5.74, 6) is 2.46. The second-order valence-electron chi connectivity index (χ2n) is 7.56. The summed E-state index contributed by atoms with van der Waals surface area (Å²) in [6.07, 6.45) is 11.8. The normalized spacial score (nSPS) is 16.1. The van der Waals surface area contributed by atoms with Gasteiger partial charge in [0.25, 0.3) is 0 Å². The number of anilines is 2. The van der Waals surface area contributed by atoms with Crippen LogP contribution in [0.1, 0.15) is 36.6 Å². The first-order valence-electron chi connectivity index (χ1n) is 9.91. The van der Waals surface area contributed by atoms with Gasteiger partial charge in [0.15, 0.2) is 5.82 Å². The number of nitrogens with zero attached hydrogens (tertiary/aromatic N) is 7. The molecular formula is C20H24N8. The maximum absolute atomic E-state index is 4.87. The molecule has 0 bridgehead atoms. The molecule has 0 unspecified atom stereocenters. The topological polar surface area (TPSA) is 84.7 Å². The molecule has 3 aromatic heterocycles.